The van der Waals surface area contributed by atoms with Crippen molar-refractivity contribution in [2.45, 2.75) is 25.4 Å². The number of nitrogens with two attached hydrogens (primary N) is 1. The average molecular weight is 285 g/mol. The molecule has 1 heterocycles. The van der Waals surface area contributed by atoms with Crippen molar-refractivity contribution in [1.29, 1.82) is 0 Å². The molecule has 0 unspecified atom stereocenters. The van der Waals surface area contributed by atoms with Crippen LogP contribution in [0.25, 0.3) is 0 Å². The van der Waals surface area contributed by atoms with E-state index in [9.17, 15) is 9.18 Å². The molecule has 0 radical (unpaired) electrons. The third kappa shape index (κ3) is 3.18. The van der Waals surface area contributed by atoms with Gasteiger partial charge in [-0.1, -0.05) is 12.1 Å². The number of anilines is 1. The van der Waals surface area contributed by atoms with Gasteiger partial charge in [-0.25, -0.2) is 9.37 Å². The van der Waals surface area contributed by atoms with Gasteiger partial charge >= 0.3 is 0 Å². The van der Waals surface area contributed by atoms with Crippen molar-refractivity contribution in [3.05, 3.63) is 59.7 Å². The molecule has 0 atom stereocenters. The number of halogens is 1. The van der Waals surface area contributed by atoms with Gasteiger partial charge in [0.2, 0.25) is 0 Å². The van der Waals surface area contributed by atoms with Crippen molar-refractivity contribution < 1.29 is 9.18 Å². The number of amides is 1. The van der Waals surface area contributed by atoms with E-state index in [1.807, 2.05) is 24.3 Å². The molecular formula is C16H16FN3O. The van der Waals surface area contributed by atoms with Gasteiger partial charge in [0.25, 0.3) is 5.91 Å². The summed E-state index contributed by atoms with van der Waals surface area (Å²) in [4.78, 5) is 18.2. The summed E-state index contributed by atoms with van der Waals surface area (Å²) in [7, 11) is 0. The predicted molar refractivity (Wildman–Crippen MR) is 77.9 cm³/mol. The summed E-state index contributed by atoms with van der Waals surface area (Å²) in [5.74, 6) is -0.600. The van der Waals surface area contributed by atoms with Gasteiger partial charge in [-0.05, 0) is 42.7 Å². The molecule has 1 aliphatic rings. The molecule has 1 aliphatic carbocycles. The van der Waals surface area contributed by atoms with Crippen LogP contribution in [0.4, 0.5) is 10.1 Å². The second kappa shape index (κ2) is 5.52. The van der Waals surface area contributed by atoms with E-state index < -0.39 is 5.82 Å². The molecule has 0 bridgehead atoms. The lowest BCUT2D eigenvalue weighted by atomic mass is 10.2. The van der Waals surface area contributed by atoms with E-state index in [1.54, 1.807) is 4.90 Å². The Balaban J connectivity index is 1.79. The van der Waals surface area contributed by atoms with Crippen molar-refractivity contribution in [2.24, 2.45) is 0 Å². The third-order valence-corrected chi connectivity index (χ3v) is 3.53. The molecule has 1 aromatic heterocycles. The fraction of sp³-hybridized carbons (Fsp3) is 0.250. The van der Waals surface area contributed by atoms with Gasteiger partial charge in [0.15, 0.2) is 0 Å². The van der Waals surface area contributed by atoms with Crippen LogP contribution in [0, 0.1) is 5.82 Å². The number of nitrogens with zero attached hydrogens (tertiary/aromatic N) is 2. The molecule has 21 heavy (non-hydrogen) atoms. The Kier molecular flexibility index (Phi) is 3.56. The minimum Gasteiger partial charge on any atom is -0.399 e. The molecule has 2 N–H and O–H groups in total. The van der Waals surface area contributed by atoms with Crippen LogP contribution in [0.3, 0.4) is 0 Å². The van der Waals surface area contributed by atoms with Crippen LogP contribution < -0.4 is 5.73 Å². The van der Waals surface area contributed by atoms with Crippen LogP contribution in [-0.4, -0.2) is 21.8 Å². The van der Waals surface area contributed by atoms with Crippen LogP contribution in [-0.2, 0) is 6.54 Å². The second-order valence-corrected chi connectivity index (χ2v) is 5.27. The van der Waals surface area contributed by atoms with Crippen LogP contribution in [0.1, 0.15) is 28.9 Å². The lowest BCUT2D eigenvalue weighted by Crippen LogP contribution is -2.33. The Morgan fingerprint density at radius 2 is 1.95 bits per heavy atom. The van der Waals surface area contributed by atoms with E-state index in [4.69, 9.17) is 5.73 Å². The number of benzene rings is 1. The van der Waals surface area contributed by atoms with Crippen LogP contribution in [0.15, 0.2) is 42.6 Å². The van der Waals surface area contributed by atoms with Crippen molar-refractivity contribution in [3.63, 3.8) is 0 Å². The Hall–Kier alpha value is -2.43. The summed E-state index contributed by atoms with van der Waals surface area (Å²) >= 11 is 0. The lowest BCUT2D eigenvalue weighted by Gasteiger charge is -2.22. The van der Waals surface area contributed by atoms with E-state index >= 15 is 0 Å². The number of nitrogen functional groups attached to an aromatic ring is 1. The summed E-state index contributed by atoms with van der Waals surface area (Å²) < 4.78 is 12.9. The van der Waals surface area contributed by atoms with Gasteiger partial charge in [0.1, 0.15) is 11.5 Å². The number of hydrogen-bond acceptors (Lipinski definition) is 3. The molecule has 0 aliphatic heterocycles. The lowest BCUT2D eigenvalue weighted by molar-refractivity contribution is 0.0724. The van der Waals surface area contributed by atoms with Crippen molar-refractivity contribution in [3.8, 4) is 0 Å². The number of hydrogen-bond donors (Lipinski definition) is 1. The summed E-state index contributed by atoms with van der Waals surface area (Å²) in [5, 5.41) is 0. The zero-order chi connectivity index (χ0) is 14.8. The molecule has 1 aromatic carbocycles. The van der Waals surface area contributed by atoms with Crippen molar-refractivity contribution >= 4 is 11.6 Å². The maximum Gasteiger partial charge on any atom is 0.272 e. The maximum atomic E-state index is 12.9. The monoisotopic (exact) mass is 285 g/mol. The molecule has 0 saturated heterocycles. The van der Waals surface area contributed by atoms with Crippen molar-refractivity contribution in [1.82, 2.24) is 9.88 Å². The number of aromatic nitrogens is 1. The van der Waals surface area contributed by atoms with Gasteiger partial charge in [0.05, 0.1) is 6.20 Å². The molecule has 1 saturated carbocycles. The fourth-order valence-corrected chi connectivity index (χ4v) is 2.22. The van der Waals surface area contributed by atoms with Crippen LogP contribution >= 0.6 is 0 Å². The van der Waals surface area contributed by atoms with Gasteiger partial charge in [0, 0.05) is 18.3 Å². The smallest absolute Gasteiger partial charge is 0.272 e. The fourth-order valence-electron chi connectivity index (χ4n) is 2.22. The highest BCUT2D eigenvalue weighted by Gasteiger charge is 2.33. The molecule has 1 amide bonds. The minimum absolute atomic E-state index is 0.158. The first-order chi connectivity index (χ1) is 10.1. The quantitative estimate of drug-likeness (QED) is 0.878. The van der Waals surface area contributed by atoms with E-state index in [-0.39, 0.29) is 17.6 Å². The Labute approximate surface area is 122 Å². The summed E-state index contributed by atoms with van der Waals surface area (Å²) in [5.41, 5.74) is 7.66. The van der Waals surface area contributed by atoms with E-state index in [2.05, 4.69) is 4.98 Å². The first-order valence-corrected chi connectivity index (χ1v) is 6.90. The second-order valence-electron chi connectivity index (χ2n) is 5.27. The molecule has 4 nitrogen and oxygen atoms in total. The maximum absolute atomic E-state index is 12.9. The van der Waals surface area contributed by atoms with E-state index in [0.717, 1.165) is 24.6 Å². The largest absolute Gasteiger partial charge is 0.399 e. The molecule has 5 heteroatoms. The molecule has 1 fully saturated rings. The van der Waals surface area contributed by atoms with Gasteiger partial charge < -0.3 is 10.6 Å². The number of rotatable bonds is 4. The Morgan fingerprint density at radius 1 is 1.24 bits per heavy atom. The first-order valence-electron chi connectivity index (χ1n) is 6.90. The minimum atomic E-state index is -0.442. The normalized spacial score (nSPS) is 14.0. The van der Waals surface area contributed by atoms with E-state index in [0.29, 0.717) is 12.2 Å². The third-order valence-electron chi connectivity index (χ3n) is 3.53. The molecule has 2 aromatic rings. The highest BCUT2D eigenvalue weighted by molar-refractivity contribution is 5.92. The number of carbonyl (C=O) groups is 1. The molecule has 108 valence electrons. The van der Waals surface area contributed by atoms with Gasteiger partial charge in [-0.15, -0.1) is 0 Å². The van der Waals surface area contributed by atoms with E-state index in [1.165, 1.54) is 12.1 Å². The summed E-state index contributed by atoms with van der Waals surface area (Å²) in [6.45, 7) is 0.517. The van der Waals surface area contributed by atoms with Crippen LogP contribution in [0.2, 0.25) is 0 Å². The van der Waals surface area contributed by atoms with Crippen molar-refractivity contribution in [2.75, 3.05) is 5.73 Å². The number of pyridine rings is 1. The number of carbonyl (C=O) groups excluding carboxylic acids is 1. The zero-order valence-corrected chi connectivity index (χ0v) is 11.5. The molecular weight excluding hydrogens is 269 g/mol. The highest BCUT2D eigenvalue weighted by Crippen LogP contribution is 2.29. The molecule has 0 spiro atoms. The first kappa shape index (κ1) is 13.5. The Bertz CT molecular complexity index is 636. The standard InChI is InChI=1S/C16H16FN3O/c17-12-3-8-15(19-9-12)16(21)20(14-6-7-14)10-11-1-4-13(18)5-2-11/h1-5,8-9,14H,6-7,10,18H2. The highest BCUT2D eigenvalue weighted by atomic mass is 19.1. The Morgan fingerprint density at radius 3 is 2.52 bits per heavy atom. The molecule has 3 rings (SSSR count). The SMILES string of the molecule is Nc1ccc(CN(C(=O)c2ccc(F)cn2)C2CC2)cc1. The average Bonchev–Trinajstić information content (AvgIpc) is 3.31. The summed E-state index contributed by atoms with van der Waals surface area (Å²) in [6, 6.07) is 10.4. The summed E-state index contributed by atoms with van der Waals surface area (Å²) in [6.07, 6.45) is 3.07. The predicted octanol–water partition coefficient (Wildman–Crippen LogP) is 2.61. The zero-order valence-electron chi connectivity index (χ0n) is 11.5. The van der Waals surface area contributed by atoms with Crippen LogP contribution in [0.5, 0.6) is 0 Å². The van der Waals surface area contributed by atoms with Gasteiger partial charge in [-0.2, -0.15) is 0 Å². The van der Waals surface area contributed by atoms with Gasteiger partial charge in [-0.3, -0.25) is 4.79 Å². The topological polar surface area (TPSA) is 59.2 Å².